The van der Waals surface area contributed by atoms with Crippen LogP contribution in [0.4, 0.5) is 5.69 Å². The summed E-state index contributed by atoms with van der Waals surface area (Å²) >= 11 is 0. The fourth-order valence-electron chi connectivity index (χ4n) is 1.66. The Hall–Kier alpha value is -1.52. The number of carbonyl (C=O) groups is 1. The van der Waals surface area contributed by atoms with Crippen molar-refractivity contribution in [3.8, 4) is 0 Å². The van der Waals surface area contributed by atoms with Gasteiger partial charge in [-0.3, -0.25) is 9.48 Å². The van der Waals surface area contributed by atoms with Crippen molar-refractivity contribution in [1.29, 1.82) is 0 Å². The molecule has 108 valence electrons. The molecule has 0 spiro atoms. The molecule has 0 aliphatic heterocycles. The van der Waals surface area contributed by atoms with Crippen molar-refractivity contribution in [2.45, 2.75) is 48.1 Å². The highest BCUT2D eigenvalue weighted by atomic mass is 16.2. The number of anilines is 1. The van der Waals surface area contributed by atoms with E-state index < -0.39 is 0 Å². The first-order valence-corrected chi connectivity index (χ1v) is 6.81. The number of nitrogens with one attached hydrogen (secondary N) is 1. The SMILES string of the molecule is CCn1nc(C)c(N)c1C(=O)NCC(C)(C)C(C)C. The van der Waals surface area contributed by atoms with Gasteiger partial charge in [0.15, 0.2) is 0 Å². The molecule has 3 N–H and O–H groups in total. The first-order chi connectivity index (χ1) is 8.70. The summed E-state index contributed by atoms with van der Waals surface area (Å²) in [6, 6.07) is 0. The van der Waals surface area contributed by atoms with E-state index in [0.29, 0.717) is 36.1 Å². The molecular formula is C14H26N4O. The lowest BCUT2D eigenvalue weighted by atomic mass is 9.81. The number of nitrogens with zero attached hydrogens (tertiary/aromatic N) is 2. The summed E-state index contributed by atoms with van der Waals surface area (Å²) in [6.07, 6.45) is 0. The Kier molecular flexibility index (Phi) is 4.61. The first-order valence-electron chi connectivity index (χ1n) is 6.81. The topological polar surface area (TPSA) is 72.9 Å². The molecule has 1 aromatic heterocycles. The number of hydrogen-bond acceptors (Lipinski definition) is 3. The van der Waals surface area contributed by atoms with Gasteiger partial charge in [0, 0.05) is 13.1 Å². The van der Waals surface area contributed by atoms with E-state index in [2.05, 4.69) is 38.1 Å². The number of amides is 1. The molecule has 1 aromatic rings. The van der Waals surface area contributed by atoms with Crippen molar-refractivity contribution in [2.75, 3.05) is 12.3 Å². The predicted octanol–water partition coefficient (Wildman–Crippen LogP) is 2.21. The van der Waals surface area contributed by atoms with Gasteiger partial charge in [0.2, 0.25) is 0 Å². The number of nitrogen functional groups attached to an aromatic ring is 1. The Balaban J connectivity index is 2.85. The van der Waals surface area contributed by atoms with Crippen molar-refractivity contribution in [3.05, 3.63) is 11.4 Å². The normalized spacial score (nSPS) is 11.9. The summed E-state index contributed by atoms with van der Waals surface area (Å²) < 4.78 is 1.66. The molecule has 0 unspecified atom stereocenters. The van der Waals surface area contributed by atoms with Crippen LogP contribution in [-0.2, 0) is 6.54 Å². The molecule has 5 nitrogen and oxygen atoms in total. The molecular weight excluding hydrogens is 240 g/mol. The van der Waals surface area contributed by atoms with E-state index in [-0.39, 0.29) is 11.3 Å². The summed E-state index contributed by atoms with van der Waals surface area (Å²) in [7, 11) is 0. The predicted molar refractivity (Wildman–Crippen MR) is 78.0 cm³/mol. The molecule has 0 aliphatic rings. The Labute approximate surface area is 115 Å². The molecule has 1 heterocycles. The molecule has 19 heavy (non-hydrogen) atoms. The van der Waals surface area contributed by atoms with E-state index in [0.717, 1.165) is 0 Å². The molecule has 0 aliphatic carbocycles. The Morgan fingerprint density at radius 2 is 2.05 bits per heavy atom. The number of carbonyl (C=O) groups excluding carboxylic acids is 1. The molecule has 5 heteroatoms. The van der Waals surface area contributed by atoms with Crippen molar-refractivity contribution in [1.82, 2.24) is 15.1 Å². The highest BCUT2D eigenvalue weighted by molar-refractivity contribution is 5.98. The van der Waals surface area contributed by atoms with Gasteiger partial charge < -0.3 is 11.1 Å². The van der Waals surface area contributed by atoms with Crippen LogP contribution in [0.2, 0.25) is 0 Å². The third kappa shape index (κ3) is 3.28. The van der Waals surface area contributed by atoms with Gasteiger partial charge in [-0.05, 0) is 25.2 Å². The summed E-state index contributed by atoms with van der Waals surface area (Å²) in [6.45, 7) is 13.6. The van der Waals surface area contributed by atoms with E-state index in [1.165, 1.54) is 0 Å². The van der Waals surface area contributed by atoms with E-state index >= 15 is 0 Å². The number of nitrogens with two attached hydrogens (primary N) is 1. The van der Waals surface area contributed by atoms with Crippen molar-refractivity contribution in [2.24, 2.45) is 11.3 Å². The molecule has 1 amide bonds. The molecule has 0 saturated heterocycles. The summed E-state index contributed by atoms with van der Waals surface area (Å²) in [5, 5.41) is 7.23. The summed E-state index contributed by atoms with van der Waals surface area (Å²) in [4.78, 5) is 12.3. The van der Waals surface area contributed by atoms with Gasteiger partial charge in [0.1, 0.15) is 5.69 Å². The van der Waals surface area contributed by atoms with Crippen LogP contribution in [0.25, 0.3) is 0 Å². The van der Waals surface area contributed by atoms with Crippen molar-refractivity contribution < 1.29 is 4.79 Å². The monoisotopic (exact) mass is 266 g/mol. The van der Waals surface area contributed by atoms with Crippen molar-refractivity contribution in [3.63, 3.8) is 0 Å². The van der Waals surface area contributed by atoms with E-state index in [1.807, 2.05) is 13.8 Å². The average Bonchev–Trinajstić information content (AvgIpc) is 2.62. The van der Waals surface area contributed by atoms with Crippen LogP contribution in [0.5, 0.6) is 0 Å². The minimum absolute atomic E-state index is 0.0521. The van der Waals surface area contributed by atoms with Crippen LogP contribution < -0.4 is 11.1 Å². The standard InChI is InChI=1S/C14H26N4O/c1-7-18-12(11(15)10(4)17-18)13(19)16-8-14(5,6)9(2)3/h9H,7-8,15H2,1-6H3,(H,16,19). The highest BCUT2D eigenvalue weighted by Gasteiger charge is 2.25. The van der Waals surface area contributed by atoms with E-state index in [9.17, 15) is 4.79 Å². The third-order valence-corrected chi connectivity index (χ3v) is 3.96. The number of aromatic nitrogens is 2. The smallest absolute Gasteiger partial charge is 0.271 e. The molecule has 0 bridgehead atoms. The van der Waals surface area contributed by atoms with Crippen LogP contribution in [-0.4, -0.2) is 22.2 Å². The van der Waals surface area contributed by atoms with E-state index in [4.69, 9.17) is 5.73 Å². The van der Waals surface area contributed by atoms with Gasteiger partial charge in [-0.1, -0.05) is 27.7 Å². The van der Waals surface area contributed by atoms with Gasteiger partial charge in [-0.2, -0.15) is 5.10 Å². The van der Waals surface area contributed by atoms with Gasteiger partial charge in [0.25, 0.3) is 5.91 Å². The fraction of sp³-hybridized carbons (Fsp3) is 0.714. The average molecular weight is 266 g/mol. The van der Waals surface area contributed by atoms with Gasteiger partial charge in [-0.15, -0.1) is 0 Å². The van der Waals surface area contributed by atoms with E-state index in [1.54, 1.807) is 4.68 Å². The maximum Gasteiger partial charge on any atom is 0.271 e. The molecule has 0 fully saturated rings. The maximum absolute atomic E-state index is 12.3. The highest BCUT2D eigenvalue weighted by Crippen LogP contribution is 2.25. The van der Waals surface area contributed by atoms with Gasteiger partial charge in [-0.25, -0.2) is 0 Å². The minimum atomic E-state index is -0.145. The maximum atomic E-state index is 12.3. The van der Waals surface area contributed by atoms with Crippen LogP contribution in [0.3, 0.4) is 0 Å². The minimum Gasteiger partial charge on any atom is -0.395 e. The second kappa shape index (κ2) is 5.63. The molecule has 0 radical (unpaired) electrons. The zero-order chi connectivity index (χ0) is 14.8. The summed E-state index contributed by atoms with van der Waals surface area (Å²) in [5.41, 5.74) is 7.64. The lowest BCUT2D eigenvalue weighted by Gasteiger charge is -2.29. The third-order valence-electron chi connectivity index (χ3n) is 3.96. The van der Waals surface area contributed by atoms with Crippen LogP contribution in [0, 0.1) is 18.3 Å². The molecule has 1 rings (SSSR count). The zero-order valence-electron chi connectivity index (χ0n) is 12.9. The van der Waals surface area contributed by atoms with Crippen molar-refractivity contribution >= 4 is 11.6 Å². The number of aryl methyl sites for hydroxylation is 2. The van der Waals surface area contributed by atoms with Crippen LogP contribution in [0.15, 0.2) is 0 Å². The summed E-state index contributed by atoms with van der Waals surface area (Å²) in [5.74, 6) is 0.344. The Morgan fingerprint density at radius 3 is 2.53 bits per heavy atom. The first kappa shape index (κ1) is 15.5. The van der Waals surface area contributed by atoms with Crippen LogP contribution in [0.1, 0.15) is 50.8 Å². The van der Waals surface area contributed by atoms with Gasteiger partial charge >= 0.3 is 0 Å². The van der Waals surface area contributed by atoms with Crippen LogP contribution >= 0.6 is 0 Å². The largest absolute Gasteiger partial charge is 0.395 e. The lowest BCUT2D eigenvalue weighted by molar-refractivity contribution is 0.0915. The second-order valence-electron chi connectivity index (χ2n) is 5.99. The lowest BCUT2D eigenvalue weighted by Crippen LogP contribution is -2.38. The fourth-order valence-corrected chi connectivity index (χ4v) is 1.66. The Morgan fingerprint density at radius 1 is 1.47 bits per heavy atom. The molecule has 0 aromatic carbocycles. The number of rotatable bonds is 5. The second-order valence-corrected chi connectivity index (χ2v) is 5.99. The number of hydrogen-bond donors (Lipinski definition) is 2. The molecule has 0 saturated carbocycles. The Bertz CT molecular complexity index is 460. The quantitative estimate of drug-likeness (QED) is 0.858. The van der Waals surface area contributed by atoms with Gasteiger partial charge in [0.05, 0.1) is 11.4 Å². The zero-order valence-corrected chi connectivity index (χ0v) is 12.9. The molecule has 0 atom stereocenters.